The minimum atomic E-state index is -5.56. The zero-order valence-electron chi connectivity index (χ0n) is 9.44. The van der Waals surface area contributed by atoms with Gasteiger partial charge in [0, 0.05) is 0 Å². The van der Waals surface area contributed by atoms with E-state index in [9.17, 15) is 22.0 Å². The van der Waals surface area contributed by atoms with Gasteiger partial charge in [-0.2, -0.15) is 22.0 Å². The fraction of sp³-hybridized carbons (Fsp3) is 0.818. The van der Waals surface area contributed by atoms with Gasteiger partial charge in [0.2, 0.25) is 0 Å². The SMILES string of the molecule is [CH2]CC1C[CH]C(C)C1OCC(F)(F)C(F)(F)F. The first-order valence-corrected chi connectivity index (χ1v) is 5.37. The normalized spacial score (nSPS) is 30.9. The van der Waals surface area contributed by atoms with E-state index in [1.165, 1.54) is 0 Å². The van der Waals surface area contributed by atoms with Crippen LogP contribution < -0.4 is 0 Å². The van der Waals surface area contributed by atoms with Crippen LogP contribution >= 0.6 is 0 Å². The van der Waals surface area contributed by atoms with Gasteiger partial charge in [-0.05, 0) is 31.1 Å². The molecule has 3 atom stereocenters. The third-order valence-corrected chi connectivity index (χ3v) is 3.04. The van der Waals surface area contributed by atoms with Gasteiger partial charge in [0.25, 0.3) is 0 Å². The van der Waals surface area contributed by atoms with Gasteiger partial charge in [0.05, 0.1) is 6.10 Å². The van der Waals surface area contributed by atoms with Crippen molar-refractivity contribution < 1.29 is 26.7 Å². The van der Waals surface area contributed by atoms with Crippen molar-refractivity contribution in [2.45, 2.75) is 38.0 Å². The molecule has 1 saturated carbocycles. The number of hydrogen-bond acceptors (Lipinski definition) is 1. The molecule has 1 nitrogen and oxygen atoms in total. The lowest BCUT2D eigenvalue weighted by atomic mass is 9.99. The summed E-state index contributed by atoms with van der Waals surface area (Å²) in [6.45, 7) is 3.76. The summed E-state index contributed by atoms with van der Waals surface area (Å²) in [6, 6.07) is 0. The Bertz CT molecular complexity index is 251. The average Bonchev–Trinajstić information content (AvgIpc) is 2.54. The second-order valence-electron chi connectivity index (χ2n) is 4.36. The number of halogens is 5. The van der Waals surface area contributed by atoms with Crippen molar-refractivity contribution >= 4 is 0 Å². The van der Waals surface area contributed by atoms with Crippen molar-refractivity contribution in [3.8, 4) is 0 Å². The van der Waals surface area contributed by atoms with E-state index in [1.54, 1.807) is 6.92 Å². The molecule has 0 aromatic rings. The topological polar surface area (TPSA) is 9.23 Å². The number of rotatable bonds is 4. The first-order valence-electron chi connectivity index (χ1n) is 5.37. The fourth-order valence-corrected chi connectivity index (χ4v) is 1.94. The Morgan fingerprint density at radius 3 is 2.35 bits per heavy atom. The van der Waals surface area contributed by atoms with Crippen LogP contribution in [0.15, 0.2) is 0 Å². The predicted molar refractivity (Wildman–Crippen MR) is 52.3 cm³/mol. The number of alkyl halides is 5. The van der Waals surface area contributed by atoms with Gasteiger partial charge in [0.15, 0.2) is 0 Å². The Morgan fingerprint density at radius 2 is 1.88 bits per heavy atom. The summed E-state index contributed by atoms with van der Waals surface area (Å²) >= 11 is 0. The summed E-state index contributed by atoms with van der Waals surface area (Å²) < 4.78 is 65.9. The summed E-state index contributed by atoms with van der Waals surface area (Å²) in [5, 5.41) is 0. The average molecular weight is 258 g/mol. The van der Waals surface area contributed by atoms with Crippen molar-refractivity contribution in [1.29, 1.82) is 0 Å². The van der Waals surface area contributed by atoms with E-state index in [0.29, 0.717) is 12.8 Å². The van der Waals surface area contributed by atoms with Gasteiger partial charge in [-0.3, -0.25) is 0 Å². The first-order chi connectivity index (χ1) is 7.69. The minimum absolute atomic E-state index is 0.0750. The minimum Gasteiger partial charge on any atom is -0.371 e. The maximum absolute atomic E-state index is 12.7. The van der Waals surface area contributed by atoms with Crippen molar-refractivity contribution in [2.24, 2.45) is 11.8 Å². The molecule has 0 spiro atoms. The monoisotopic (exact) mass is 258 g/mol. The van der Waals surface area contributed by atoms with Gasteiger partial charge in [-0.1, -0.05) is 13.8 Å². The van der Waals surface area contributed by atoms with Crippen LogP contribution in [0.3, 0.4) is 0 Å². The quantitative estimate of drug-likeness (QED) is 0.699. The Morgan fingerprint density at radius 1 is 1.29 bits per heavy atom. The van der Waals surface area contributed by atoms with E-state index in [4.69, 9.17) is 4.74 Å². The molecule has 0 amide bonds. The molecule has 3 unspecified atom stereocenters. The molecule has 0 N–H and O–H groups in total. The summed E-state index contributed by atoms with van der Waals surface area (Å²) in [4.78, 5) is 0. The zero-order chi connectivity index (χ0) is 13.3. The molecule has 0 aromatic carbocycles. The molecular formula is C11H15F5O. The van der Waals surface area contributed by atoms with Crippen molar-refractivity contribution in [3.05, 3.63) is 13.3 Å². The van der Waals surface area contributed by atoms with Crippen LogP contribution in [0.4, 0.5) is 22.0 Å². The molecule has 0 heterocycles. The number of ether oxygens (including phenoxy) is 1. The molecule has 1 rings (SSSR count). The van der Waals surface area contributed by atoms with E-state index in [0.717, 1.165) is 0 Å². The molecule has 0 saturated heterocycles. The van der Waals surface area contributed by atoms with Crippen molar-refractivity contribution in [2.75, 3.05) is 6.61 Å². The molecule has 6 heteroatoms. The van der Waals surface area contributed by atoms with Gasteiger partial charge in [-0.15, -0.1) is 0 Å². The van der Waals surface area contributed by atoms with E-state index >= 15 is 0 Å². The smallest absolute Gasteiger partial charge is 0.371 e. The van der Waals surface area contributed by atoms with Crippen molar-refractivity contribution in [3.63, 3.8) is 0 Å². The molecule has 0 bridgehead atoms. The predicted octanol–water partition coefficient (Wildman–Crippen LogP) is 3.65. The molecule has 0 aliphatic heterocycles. The Labute approximate surface area is 97.3 Å². The Kier molecular flexibility index (Phi) is 4.38. The lowest BCUT2D eigenvalue weighted by Crippen LogP contribution is -2.42. The highest BCUT2D eigenvalue weighted by atomic mass is 19.4. The van der Waals surface area contributed by atoms with Crippen LogP contribution in [0.25, 0.3) is 0 Å². The molecule has 100 valence electrons. The molecular weight excluding hydrogens is 243 g/mol. The molecule has 1 aliphatic carbocycles. The molecule has 0 aromatic heterocycles. The third-order valence-electron chi connectivity index (χ3n) is 3.04. The standard InChI is InChI=1S/C11H15F5O/c1-3-8-5-4-7(2)9(8)17-6-10(12,13)11(14,15)16/h4,7-9H,1,3,5-6H2,2H3. The highest BCUT2D eigenvalue weighted by Crippen LogP contribution is 2.39. The summed E-state index contributed by atoms with van der Waals surface area (Å²) in [6.07, 6.45) is -3.18. The lowest BCUT2D eigenvalue weighted by molar-refractivity contribution is -0.301. The second-order valence-corrected chi connectivity index (χ2v) is 4.36. The number of hydrogen-bond donors (Lipinski definition) is 0. The zero-order valence-corrected chi connectivity index (χ0v) is 9.44. The Hall–Kier alpha value is -0.390. The maximum Gasteiger partial charge on any atom is 0.455 e. The van der Waals surface area contributed by atoms with E-state index in [-0.39, 0.29) is 11.8 Å². The second kappa shape index (κ2) is 5.08. The van der Waals surface area contributed by atoms with Crippen LogP contribution in [-0.4, -0.2) is 24.8 Å². The van der Waals surface area contributed by atoms with Crippen LogP contribution in [0.2, 0.25) is 0 Å². The van der Waals surface area contributed by atoms with E-state index in [1.807, 2.05) is 6.42 Å². The van der Waals surface area contributed by atoms with Gasteiger partial charge >= 0.3 is 12.1 Å². The first kappa shape index (κ1) is 14.7. The fourth-order valence-electron chi connectivity index (χ4n) is 1.94. The van der Waals surface area contributed by atoms with Gasteiger partial charge < -0.3 is 4.74 Å². The molecule has 2 radical (unpaired) electrons. The molecule has 1 aliphatic rings. The summed E-state index contributed by atoms with van der Waals surface area (Å²) in [5.74, 6) is -4.99. The van der Waals surface area contributed by atoms with Crippen LogP contribution in [-0.2, 0) is 4.74 Å². The van der Waals surface area contributed by atoms with Gasteiger partial charge in [0.1, 0.15) is 6.61 Å². The molecule has 17 heavy (non-hydrogen) atoms. The van der Waals surface area contributed by atoms with Crippen molar-refractivity contribution in [1.82, 2.24) is 0 Å². The lowest BCUT2D eigenvalue weighted by Gasteiger charge is -2.26. The van der Waals surface area contributed by atoms with E-state index < -0.39 is 24.8 Å². The Balaban J connectivity index is 2.55. The highest BCUT2D eigenvalue weighted by molar-refractivity contribution is 4.95. The van der Waals surface area contributed by atoms with E-state index in [2.05, 4.69) is 6.92 Å². The largest absolute Gasteiger partial charge is 0.455 e. The summed E-state index contributed by atoms with van der Waals surface area (Å²) in [7, 11) is 0. The van der Waals surface area contributed by atoms with Gasteiger partial charge in [-0.25, -0.2) is 0 Å². The summed E-state index contributed by atoms with van der Waals surface area (Å²) in [5.41, 5.74) is 0. The highest BCUT2D eigenvalue weighted by Gasteiger charge is 2.58. The van der Waals surface area contributed by atoms with Crippen LogP contribution in [0.1, 0.15) is 19.8 Å². The molecule has 1 fully saturated rings. The maximum atomic E-state index is 12.7. The van der Waals surface area contributed by atoms with Crippen LogP contribution in [0, 0.1) is 25.2 Å². The van der Waals surface area contributed by atoms with Crippen LogP contribution in [0.5, 0.6) is 0 Å². The third kappa shape index (κ3) is 3.30.